The van der Waals surface area contributed by atoms with E-state index in [1.165, 1.54) is 6.07 Å². The van der Waals surface area contributed by atoms with E-state index in [-0.39, 0.29) is 29.2 Å². The van der Waals surface area contributed by atoms with Gasteiger partial charge in [-0.2, -0.15) is 5.26 Å². The molecule has 0 bridgehead atoms. The number of hydrogen-bond donors (Lipinski definition) is 1. The lowest BCUT2D eigenvalue weighted by molar-refractivity contribution is -0.0592. The Balaban J connectivity index is 1.08. The summed E-state index contributed by atoms with van der Waals surface area (Å²) in [5, 5.41) is 18.3. The molecule has 206 valence electrons. The van der Waals surface area contributed by atoms with Gasteiger partial charge in [0.1, 0.15) is 18.2 Å². The lowest BCUT2D eigenvalue weighted by Gasteiger charge is -2.32. The van der Waals surface area contributed by atoms with Gasteiger partial charge >= 0.3 is 5.97 Å². The first kappa shape index (κ1) is 26.3. The van der Waals surface area contributed by atoms with E-state index >= 15 is 0 Å². The molecule has 12 heteroatoms. The first-order valence-corrected chi connectivity index (χ1v) is 14.0. The molecule has 2 aliphatic heterocycles. The number of benzene rings is 1. The van der Waals surface area contributed by atoms with Crippen molar-refractivity contribution in [1.29, 1.82) is 5.26 Å². The van der Waals surface area contributed by atoms with Crippen molar-refractivity contribution in [3.63, 3.8) is 0 Å². The maximum atomic E-state index is 14.2. The molecule has 0 amide bonds. The van der Waals surface area contributed by atoms with Crippen LogP contribution in [0, 0.1) is 17.1 Å². The summed E-state index contributed by atoms with van der Waals surface area (Å²) < 4.78 is 27.6. The van der Waals surface area contributed by atoms with E-state index in [9.17, 15) is 14.3 Å². The van der Waals surface area contributed by atoms with Crippen LogP contribution in [0.3, 0.4) is 0 Å². The second-order valence-corrected chi connectivity index (χ2v) is 11.0. The second-order valence-electron chi connectivity index (χ2n) is 10.0. The molecular weight excluding hydrogens is 535 g/mol. The number of carbonyl (C=O) groups is 1. The number of aromatic carboxylic acids is 1. The fourth-order valence-electron chi connectivity index (χ4n) is 5.10. The molecular formula is C28H27FN6O4S. The van der Waals surface area contributed by atoms with Crippen LogP contribution in [0.4, 0.5) is 4.39 Å². The Hall–Kier alpha value is -3.92. The quantitative estimate of drug-likeness (QED) is 0.317. The summed E-state index contributed by atoms with van der Waals surface area (Å²) in [6, 6.07) is 11.9. The number of ether oxygens (including phenoxy) is 2. The molecule has 2 aliphatic rings. The Bertz CT molecular complexity index is 1590. The van der Waals surface area contributed by atoms with Crippen LogP contribution in [-0.4, -0.2) is 61.3 Å². The van der Waals surface area contributed by atoms with Crippen LogP contribution in [0.1, 0.15) is 57.6 Å². The Labute approximate surface area is 233 Å². The van der Waals surface area contributed by atoms with Gasteiger partial charge in [-0.1, -0.05) is 23.5 Å². The summed E-state index contributed by atoms with van der Waals surface area (Å²) >= 11 is 1.10. The van der Waals surface area contributed by atoms with Crippen LogP contribution in [0.2, 0.25) is 0 Å². The van der Waals surface area contributed by atoms with Crippen molar-refractivity contribution in [3.8, 4) is 11.9 Å². The molecule has 0 aliphatic carbocycles. The first-order chi connectivity index (χ1) is 19.5. The summed E-state index contributed by atoms with van der Waals surface area (Å²) in [7, 11) is 0. The van der Waals surface area contributed by atoms with Gasteiger partial charge in [-0.05, 0) is 50.6 Å². The lowest BCUT2D eigenvalue weighted by Crippen LogP contribution is -2.35. The average Bonchev–Trinajstić information content (AvgIpc) is 3.49. The number of rotatable bonds is 9. The first-order valence-electron chi connectivity index (χ1n) is 13.2. The van der Waals surface area contributed by atoms with Crippen LogP contribution in [0.15, 0.2) is 36.4 Å². The van der Waals surface area contributed by atoms with Crippen molar-refractivity contribution >= 4 is 27.8 Å². The van der Waals surface area contributed by atoms with Crippen molar-refractivity contribution < 1.29 is 23.8 Å². The maximum Gasteiger partial charge on any atom is 0.365 e. The van der Waals surface area contributed by atoms with Crippen molar-refractivity contribution in [2.75, 3.05) is 19.7 Å². The fraction of sp³-hybridized carbons (Fsp3) is 0.393. The van der Waals surface area contributed by atoms with Gasteiger partial charge in [-0.25, -0.2) is 24.1 Å². The van der Waals surface area contributed by atoms with E-state index < -0.39 is 11.8 Å². The number of pyridine rings is 1. The van der Waals surface area contributed by atoms with E-state index in [1.807, 2.05) is 22.8 Å². The van der Waals surface area contributed by atoms with Crippen LogP contribution in [0.5, 0.6) is 5.88 Å². The smallest absolute Gasteiger partial charge is 0.365 e. The number of imidazole rings is 1. The SMILES string of the molecule is N#Cc1ccc(COc2cccc(C3CCN(Cc4nc5sc(C(=O)O)nc5n4C[C@@H]4CCO4)CC3)n2)c(F)c1. The van der Waals surface area contributed by atoms with E-state index in [1.54, 1.807) is 18.2 Å². The predicted octanol–water partition coefficient (Wildman–Crippen LogP) is 4.34. The molecule has 3 aromatic heterocycles. The number of nitrogens with zero attached hydrogens (tertiary/aromatic N) is 6. The monoisotopic (exact) mass is 562 g/mol. The number of nitriles is 1. The van der Waals surface area contributed by atoms with Gasteiger partial charge in [0.2, 0.25) is 10.9 Å². The predicted molar refractivity (Wildman–Crippen MR) is 144 cm³/mol. The van der Waals surface area contributed by atoms with Crippen LogP contribution >= 0.6 is 11.3 Å². The number of aromatic nitrogens is 4. The summed E-state index contributed by atoms with van der Waals surface area (Å²) in [5.74, 6) is 0.0854. The highest BCUT2D eigenvalue weighted by molar-refractivity contribution is 7.19. The third-order valence-electron chi connectivity index (χ3n) is 7.43. The highest BCUT2D eigenvalue weighted by Crippen LogP contribution is 2.30. The third-order valence-corrected chi connectivity index (χ3v) is 8.35. The summed E-state index contributed by atoms with van der Waals surface area (Å²) in [6.07, 6.45) is 2.91. The molecule has 1 N–H and O–H groups in total. The maximum absolute atomic E-state index is 14.2. The number of piperidine rings is 1. The highest BCUT2D eigenvalue weighted by Gasteiger charge is 2.27. The van der Waals surface area contributed by atoms with Crippen molar-refractivity contribution in [2.24, 2.45) is 0 Å². The van der Waals surface area contributed by atoms with Gasteiger partial charge in [0.15, 0.2) is 10.5 Å². The number of carboxylic acid groups (broad SMARTS) is 1. The van der Waals surface area contributed by atoms with Gasteiger partial charge in [-0.15, -0.1) is 0 Å². The largest absolute Gasteiger partial charge is 0.476 e. The Kier molecular flexibility index (Phi) is 7.42. The minimum Gasteiger partial charge on any atom is -0.476 e. The summed E-state index contributed by atoms with van der Waals surface area (Å²) in [4.78, 5) is 28.2. The Morgan fingerprint density at radius 2 is 2.02 bits per heavy atom. The normalized spacial score (nSPS) is 17.9. The van der Waals surface area contributed by atoms with E-state index in [0.29, 0.717) is 35.0 Å². The number of fused-ring (bicyclic) bond motifs is 1. The summed E-state index contributed by atoms with van der Waals surface area (Å²) in [5.41, 5.74) is 2.21. The van der Waals surface area contributed by atoms with E-state index in [2.05, 4.69) is 9.88 Å². The van der Waals surface area contributed by atoms with E-state index in [4.69, 9.17) is 24.7 Å². The van der Waals surface area contributed by atoms with Crippen molar-refractivity contribution in [3.05, 3.63) is 69.9 Å². The third kappa shape index (κ3) is 5.54. The minimum absolute atomic E-state index is 0.0330. The Morgan fingerprint density at radius 1 is 1.20 bits per heavy atom. The molecule has 40 heavy (non-hydrogen) atoms. The molecule has 1 atom stereocenters. The molecule has 5 heterocycles. The van der Waals surface area contributed by atoms with Gasteiger partial charge in [0.25, 0.3) is 0 Å². The molecule has 2 saturated heterocycles. The Morgan fingerprint density at radius 3 is 2.73 bits per heavy atom. The van der Waals surface area contributed by atoms with Crippen molar-refractivity contribution in [2.45, 2.75) is 51.0 Å². The number of thiazole rings is 1. The molecule has 0 spiro atoms. The molecule has 0 radical (unpaired) electrons. The molecule has 4 aromatic rings. The van der Waals surface area contributed by atoms with Gasteiger partial charge in [0, 0.05) is 29.8 Å². The molecule has 0 unspecified atom stereocenters. The molecule has 10 nitrogen and oxygen atoms in total. The molecule has 2 fully saturated rings. The number of likely N-dealkylation sites (tertiary alicyclic amines) is 1. The number of carboxylic acids is 1. The second kappa shape index (κ2) is 11.3. The number of hydrogen-bond acceptors (Lipinski definition) is 9. The van der Waals surface area contributed by atoms with Crippen LogP contribution in [-0.2, 0) is 24.4 Å². The minimum atomic E-state index is -1.04. The average molecular weight is 563 g/mol. The fourth-order valence-corrected chi connectivity index (χ4v) is 5.90. The zero-order chi connectivity index (χ0) is 27.6. The van der Waals surface area contributed by atoms with Crippen LogP contribution < -0.4 is 4.74 Å². The van der Waals surface area contributed by atoms with Crippen LogP contribution in [0.25, 0.3) is 10.5 Å². The summed E-state index contributed by atoms with van der Waals surface area (Å²) in [6.45, 7) is 3.77. The number of halogens is 1. The standard InChI is InChI=1S/C28H27FN6O4S/c29-21-12-17(13-30)4-5-19(21)16-39-24-3-1-2-22(31-24)18-6-9-34(10-7-18)15-23-32-26-25(33-27(40-26)28(36)37)35(23)14-20-8-11-38-20/h1-5,12,18,20H,6-11,14-16H2,(H,36,37)/t20-/m0/s1. The van der Waals surface area contributed by atoms with Gasteiger partial charge in [-0.3, -0.25) is 4.90 Å². The zero-order valence-electron chi connectivity index (χ0n) is 21.6. The van der Waals surface area contributed by atoms with Crippen molar-refractivity contribution in [1.82, 2.24) is 24.4 Å². The molecule has 6 rings (SSSR count). The van der Waals surface area contributed by atoms with Gasteiger partial charge < -0.3 is 19.1 Å². The lowest BCUT2D eigenvalue weighted by atomic mass is 9.93. The highest BCUT2D eigenvalue weighted by atomic mass is 32.1. The molecule has 1 aromatic carbocycles. The van der Waals surface area contributed by atoms with E-state index in [0.717, 1.165) is 61.8 Å². The molecule has 0 saturated carbocycles. The van der Waals surface area contributed by atoms with Gasteiger partial charge in [0.05, 0.1) is 30.8 Å². The topological polar surface area (TPSA) is 126 Å². The zero-order valence-corrected chi connectivity index (χ0v) is 22.4.